The molecule has 0 heterocycles. The van der Waals surface area contributed by atoms with Crippen LogP contribution < -0.4 is 0 Å². The summed E-state index contributed by atoms with van der Waals surface area (Å²) in [6.07, 6.45) is 0.891. The first-order valence-corrected chi connectivity index (χ1v) is 7.24. The van der Waals surface area contributed by atoms with Crippen molar-refractivity contribution in [1.82, 2.24) is 0 Å². The van der Waals surface area contributed by atoms with Gasteiger partial charge in [0, 0.05) is 0 Å². The van der Waals surface area contributed by atoms with Crippen molar-refractivity contribution in [3.05, 3.63) is 71.3 Å². The summed E-state index contributed by atoms with van der Waals surface area (Å²) in [5, 5.41) is 0. The average Bonchev–Trinajstić information content (AvgIpc) is 2.45. The molecule has 0 spiro atoms. The van der Waals surface area contributed by atoms with Crippen molar-refractivity contribution in [3.63, 3.8) is 0 Å². The lowest BCUT2D eigenvalue weighted by Crippen LogP contribution is -2.22. The summed E-state index contributed by atoms with van der Waals surface area (Å²) in [6, 6.07) is 18.5. The van der Waals surface area contributed by atoms with E-state index >= 15 is 0 Å². The molecule has 110 valence electrons. The zero-order valence-electron chi connectivity index (χ0n) is 12.9. The molecule has 0 fully saturated rings. The van der Waals surface area contributed by atoms with E-state index in [0.29, 0.717) is 6.61 Å². The Morgan fingerprint density at radius 2 is 1.52 bits per heavy atom. The summed E-state index contributed by atoms with van der Waals surface area (Å²) in [4.78, 5) is 11.8. The molecule has 2 heteroatoms. The van der Waals surface area contributed by atoms with Crippen molar-refractivity contribution >= 4 is 5.97 Å². The molecular weight excluding hydrogens is 260 g/mol. The number of esters is 1. The molecule has 0 aliphatic rings. The first-order chi connectivity index (χ1) is 9.95. The van der Waals surface area contributed by atoms with Crippen LogP contribution in [0.1, 0.15) is 37.5 Å². The highest BCUT2D eigenvalue weighted by Gasteiger charge is 2.22. The Kier molecular flexibility index (Phi) is 4.79. The van der Waals surface area contributed by atoms with Crippen molar-refractivity contribution < 1.29 is 9.53 Å². The molecular formula is C19H22O2. The van der Waals surface area contributed by atoms with E-state index in [1.165, 1.54) is 11.1 Å². The van der Waals surface area contributed by atoms with Crippen LogP contribution in [0.2, 0.25) is 0 Å². The summed E-state index contributed by atoms with van der Waals surface area (Å²) >= 11 is 0. The molecule has 0 atom stereocenters. The van der Waals surface area contributed by atoms with E-state index in [-0.39, 0.29) is 5.97 Å². The lowest BCUT2D eigenvalue weighted by atomic mass is 9.97. The van der Waals surface area contributed by atoms with Gasteiger partial charge in [-0.2, -0.15) is 0 Å². The summed E-state index contributed by atoms with van der Waals surface area (Å²) in [5.74, 6) is -0.170. The van der Waals surface area contributed by atoms with Crippen LogP contribution in [0.15, 0.2) is 54.6 Å². The van der Waals surface area contributed by atoms with Gasteiger partial charge in [0.15, 0.2) is 0 Å². The van der Waals surface area contributed by atoms with Gasteiger partial charge in [-0.1, -0.05) is 54.6 Å². The predicted octanol–water partition coefficient (Wildman–Crippen LogP) is 4.37. The van der Waals surface area contributed by atoms with E-state index in [1.54, 1.807) is 0 Å². The van der Waals surface area contributed by atoms with Crippen LogP contribution in [0.25, 0.3) is 0 Å². The Bertz CT molecular complexity index is 594. The minimum Gasteiger partial charge on any atom is -0.460 e. The highest BCUT2D eigenvalue weighted by molar-refractivity contribution is 5.75. The van der Waals surface area contributed by atoms with Crippen molar-refractivity contribution in [2.75, 3.05) is 0 Å². The van der Waals surface area contributed by atoms with E-state index in [1.807, 2.05) is 51.1 Å². The number of hydrogen-bond donors (Lipinski definition) is 0. The minimum atomic E-state index is -0.457. The van der Waals surface area contributed by atoms with Crippen LogP contribution in [0.3, 0.4) is 0 Å². The van der Waals surface area contributed by atoms with E-state index < -0.39 is 5.41 Å². The number of benzene rings is 2. The van der Waals surface area contributed by atoms with Crippen molar-refractivity contribution in [2.45, 2.75) is 33.8 Å². The van der Waals surface area contributed by atoms with Gasteiger partial charge in [0.2, 0.25) is 0 Å². The molecule has 21 heavy (non-hydrogen) atoms. The van der Waals surface area contributed by atoms with Crippen LogP contribution in [-0.2, 0) is 22.6 Å². The van der Waals surface area contributed by atoms with Gasteiger partial charge in [0.1, 0.15) is 6.61 Å². The fraction of sp³-hybridized carbons (Fsp3) is 0.316. The van der Waals surface area contributed by atoms with Gasteiger partial charge in [0.25, 0.3) is 0 Å². The molecule has 0 amide bonds. The Morgan fingerprint density at radius 1 is 0.905 bits per heavy atom. The number of rotatable bonds is 4. The molecule has 0 saturated heterocycles. The lowest BCUT2D eigenvalue weighted by molar-refractivity contribution is -0.154. The smallest absolute Gasteiger partial charge is 0.311 e. The largest absolute Gasteiger partial charge is 0.460 e. The van der Waals surface area contributed by atoms with Crippen LogP contribution in [0, 0.1) is 5.41 Å². The molecule has 2 aromatic carbocycles. The summed E-state index contributed by atoms with van der Waals surface area (Å²) in [7, 11) is 0. The number of hydrogen-bond acceptors (Lipinski definition) is 2. The van der Waals surface area contributed by atoms with Gasteiger partial charge in [-0.3, -0.25) is 4.79 Å². The van der Waals surface area contributed by atoms with Crippen LogP contribution in [0.4, 0.5) is 0 Å². The van der Waals surface area contributed by atoms with Gasteiger partial charge >= 0.3 is 5.97 Å². The van der Waals surface area contributed by atoms with Crippen molar-refractivity contribution in [1.29, 1.82) is 0 Å². The Hall–Kier alpha value is -2.09. The molecule has 2 rings (SSSR count). The molecule has 0 unspecified atom stereocenters. The van der Waals surface area contributed by atoms with Gasteiger partial charge < -0.3 is 4.74 Å². The zero-order valence-corrected chi connectivity index (χ0v) is 12.9. The van der Waals surface area contributed by atoms with Gasteiger partial charge in [-0.05, 0) is 43.9 Å². The quantitative estimate of drug-likeness (QED) is 0.778. The highest BCUT2D eigenvalue weighted by atomic mass is 16.5. The minimum absolute atomic E-state index is 0.170. The standard InChI is InChI=1S/C19H22O2/c1-19(2,3)18(20)21-14-17-11-7-10-16(13-17)12-15-8-5-4-6-9-15/h4-11,13H,12,14H2,1-3H3. The molecule has 2 nitrogen and oxygen atoms in total. The normalized spacial score (nSPS) is 11.2. The third kappa shape index (κ3) is 4.75. The number of carbonyl (C=O) groups excluding carboxylic acids is 1. The van der Waals surface area contributed by atoms with Gasteiger partial charge in [-0.15, -0.1) is 0 Å². The second kappa shape index (κ2) is 6.57. The monoisotopic (exact) mass is 282 g/mol. The average molecular weight is 282 g/mol. The maximum Gasteiger partial charge on any atom is 0.311 e. The Labute approximate surface area is 126 Å². The summed E-state index contributed by atoms with van der Waals surface area (Å²) < 4.78 is 5.36. The Morgan fingerprint density at radius 3 is 2.19 bits per heavy atom. The first-order valence-electron chi connectivity index (χ1n) is 7.24. The molecule has 0 aliphatic carbocycles. The predicted molar refractivity (Wildman–Crippen MR) is 84.9 cm³/mol. The molecule has 0 bridgehead atoms. The van der Waals surface area contributed by atoms with Gasteiger partial charge in [-0.25, -0.2) is 0 Å². The van der Waals surface area contributed by atoms with E-state index in [4.69, 9.17) is 4.74 Å². The number of carbonyl (C=O) groups is 1. The highest BCUT2D eigenvalue weighted by Crippen LogP contribution is 2.17. The fourth-order valence-corrected chi connectivity index (χ4v) is 2.03. The first kappa shape index (κ1) is 15.3. The molecule has 0 saturated carbocycles. The van der Waals surface area contributed by atoms with E-state index in [0.717, 1.165) is 12.0 Å². The maximum atomic E-state index is 11.8. The van der Waals surface area contributed by atoms with Crippen LogP contribution in [0.5, 0.6) is 0 Å². The maximum absolute atomic E-state index is 11.8. The van der Waals surface area contributed by atoms with E-state index in [9.17, 15) is 4.79 Å². The summed E-state index contributed by atoms with van der Waals surface area (Å²) in [6.45, 7) is 5.92. The van der Waals surface area contributed by atoms with Crippen LogP contribution in [-0.4, -0.2) is 5.97 Å². The fourth-order valence-electron chi connectivity index (χ4n) is 2.03. The third-order valence-electron chi connectivity index (χ3n) is 3.22. The van der Waals surface area contributed by atoms with Crippen LogP contribution >= 0.6 is 0 Å². The van der Waals surface area contributed by atoms with E-state index in [2.05, 4.69) is 24.3 Å². The van der Waals surface area contributed by atoms with Crippen molar-refractivity contribution in [3.8, 4) is 0 Å². The van der Waals surface area contributed by atoms with Gasteiger partial charge in [0.05, 0.1) is 5.41 Å². The lowest BCUT2D eigenvalue weighted by Gasteiger charge is -2.16. The number of ether oxygens (including phenoxy) is 1. The summed E-state index contributed by atoms with van der Waals surface area (Å²) in [5.41, 5.74) is 3.08. The molecule has 0 N–H and O–H groups in total. The molecule has 2 aromatic rings. The van der Waals surface area contributed by atoms with Crippen molar-refractivity contribution in [2.24, 2.45) is 5.41 Å². The topological polar surface area (TPSA) is 26.3 Å². The second-order valence-corrected chi connectivity index (χ2v) is 6.31. The SMILES string of the molecule is CC(C)(C)C(=O)OCc1cccc(Cc2ccccc2)c1. The zero-order chi connectivity index (χ0) is 15.3. The molecule has 0 radical (unpaired) electrons. The molecule has 0 aromatic heterocycles. The third-order valence-corrected chi connectivity index (χ3v) is 3.22. The second-order valence-electron chi connectivity index (χ2n) is 6.31. The molecule has 0 aliphatic heterocycles. The Balaban J connectivity index is 2.00.